The van der Waals surface area contributed by atoms with E-state index in [0.717, 1.165) is 115 Å². The van der Waals surface area contributed by atoms with Crippen LogP contribution >= 0.6 is 15.6 Å². The molecule has 0 radical (unpaired) electrons. The number of hydrogen-bond acceptors (Lipinski definition) is 15. The molecule has 5 atom stereocenters. The van der Waals surface area contributed by atoms with E-state index in [1.165, 1.54) is 193 Å². The lowest BCUT2D eigenvalue weighted by Gasteiger charge is -2.21. The first-order valence-corrected chi connectivity index (χ1v) is 42.9. The Balaban J connectivity index is 5.16. The topological polar surface area (TPSA) is 237 Å². The van der Waals surface area contributed by atoms with Crippen molar-refractivity contribution in [2.24, 2.45) is 5.92 Å². The molecular formula is C78H148O17P2. The van der Waals surface area contributed by atoms with Gasteiger partial charge in [-0.15, -0.1) is 0 Å². The summed E-state index contributed by atoms with van der Waals surface area (Å²) in [5.74, 6) is -1.35. The van der Waals surface area contributed by atoms with E-state index in [-0.39, 0.29) is 25.7 Å². The minimum absolute atomic E-state index is 0.0844. The van der Waals surface area contributed by atoms with Crippen LogP contribution in [0, 0.1) is 5.92 Å². The summed E-state index contributed by atoms with van der Waals surface area (Å²) in [6, 6.07) is 0. The molecule has 0 aliphatic carbocycles. The molecule has 0 spiro atoms. The Bertz CT molecular complexity index is 1950. The lowest BCUT2D eigenvalue weighted by molar-refractivity contribution is -0.161. The third-order valence-corrected chi connectivity index (χ3v) is 19.6. The van der Waals surface area contributed by atoms with Crippen LogP contribution in [0.1, 0.15) is 388 Å². The van der Waals surface area contributed by atoms with Gasteiger partial charge in [-0.25, -0.2) is 9.13 Å². The van der Waals surface area contributed by atoms with Crippen LogP contribution in [-0.4, -0.2) is 96.7 Å². The summed E-state index contributed by atoms with van der Waals surface area (Å²) in [5.41, 5.74) is 0. The number of esters is 4. The molecule has 17 nitrogen and oxygen atoms in total. The van der Waals surface area contributed by atoms with Gasteiger partial charge in [0.1, 0.15) is 19.3 Å². The van der Waals surface area contributed by atoms with Gasteiger partial charge >= 0.3 is 39.5 Å². The van der Waals surface area contributed by atoms with Crippen LogP contribution < -0.4 is 0 Å². The van der Waals surface area contributed by atoms with Crippen LogP contribution in [0.5, 0.6) is 0 Å². The second-order valence-corrected chi connectivity index (χ2v) is 30.8. The van der Waals surface area contributed by atoms with Gasteiger partial charge in [0.25, 0.3) is 0 Å². The molecule has 0 aromatic carbocycles. The van der Waals surface area contributed by atoms with Gasteiger partial charge in [0, 0.05) is 25.7 Å². The van der Waals surface area contributed by atoms with Gasteiger partial charge in [0.15, 0.2) is 12.2 Å². The van der Waals surface area contributed by atoms with Crippen molar-refractivity contribution >= 4 is 39.5 Å². The van der Waals surface area contributed by atoms with E-state index < -0.39 is 97.5 Å². The molecular weight excluding hydrogens is 1270 g/mol. The molecule has 0 fully saturated rings. The lowest BCUT2D eigenvalue weighted by atomic mass is 10.0. The third kappa shape index (κ3) is 71.7. The summed E-state index contributed by atoms with van der Waals surface area (Å²) in [6.45, 7) is 7.18. The fraction of sp³-hybridized carbons (Fsp3) is 0.897. The maximum Gasteiger partial charge on any atom is 0.472 e. The van der Waals surface area contributed by atoms with Crippen molar-refractivity contribution in [3.8, 4) is 0 Å². The van der Waals surface area contributed by atoms with E-state index in [0.29, 0.717) is 25.7 Å². The Morgan fingerprint density at radius 1 is 0.320 bits per heavy atom. The van der Waals surface area contributed by atoms with Crippen molar-refractivity contribution in [2.45, 2.75) is 406 Å². The Morgan fingerprint density at radius 2 is 0.557 bits per heavy atom. The predicted octanol–water partition coefficient (Wildman–Crippen LogP) is 22.8. The van der Waals surface area contributed by atoms with E-state index in [4.69, 9.17) is 37.0 Å². The summed E-state index contributed by atoms with van der Waals surface area (Å²) in [6.07, 6.45) is 63.7. The van der Waals surface area contributed by atoms with Crippen molar-refractivity contribution in [1.29, 1.82) is 0 Å². The molecule has 3 N–H and O–H groups in total. The molecule has 0 saturated carbocycles. The quantitative estimate of drug-likeness (QED) is 0.0169. The standard InChI is InChI=1S/C78H148O17P2/c1-6-9-12-15-17-19-21-23-25-26-27-32-35-39-43-47-52-57-62-76(81)89-68-74(95-78(83)64-59-54-49-45-41-37-33-29-28-31-34-38-42-46-51-55-60-71(4)5)70-93-97(86,87)91-66-72(79)65-90-96(84,85)92-69-73(67-88-75(80)61-56-50-14-11-8-3)94-77(82)63-58-53-48-44-40-36-30-24-22-20-18-16-13-10-7-2/h20,22,24,30,71-74,79H,6-19,21,23,25-29,31-70H2,1-5H3,(H,84,85)(H,86,87)/b22-20-,30-24-/t72-,73+,74+/m0/s1. The average Bonchev–Trinajstić information content (AvgIpc) is 3.74. The van der Waals surface area contributed by atoms with Crippen molar-refractivity contribution in [2.75, 3.05) is 39.6 Å². The highest BCUT2D eigenvalue weighted by molar-refractivity contribution is 7.47. The maximum atomic E-state index is 13.1. The zero-order chi connectivity index (χ0) is 71.2. The van der Waals surface area contributed by atoms with E-state index in [1.54, 1.807) is 0 Å². The zero-order valence-corrected chi connectivity index (χ0v) is 64.5. The number of hydrogen-bond donors (Lipinski definition) is 3. The summed E-state index contributed by atoms with van der Waals surface area (Å²) >= 11 is 0. The SMILES string of the molecule is CCCCCC/C=C\C=C/CCCCCCCC(=O)O[C@H](COC(=O)CCCCCCC)COP(=O)(O)OC[C@H](O)COP(=O)(O)OC[C@@H](COC(=O)CCCCCCCCCCCCCCCCCCCC)OC(=O)CCCCCCCCCCCCCCCCCCC(C)C. The van der Waals surface area contributed by atoms with E-state index in [1.807, 2.05) is 0 Å². The molecule has 572 valence electrons. The van der Waals surface area contributed by atoms with Gasteiger partial charge in [-0.05, 0) is 57.3 Å². The van der Waals surface area contributed by atoms with E-state index in [9.17, 15) is 43.2 Å². The highest BCUT2D eigenvalue weighted by atomic mass is 31.2. The molecule has 0 heterocycles. The van der Waals surface area contributed by atoms with Crippen LogP contribution in [0.4, 0.5) is 0 Å². The molecule has 0 aromatic heterocycles. The Hall–Kier alpha value is -2.46. The summed E-state index contributed by atoms with van der Waals surface area (Å²) in [5, 5.41) is 10.6. The highest BCUT2D eigenvalue weighted by Gasteiger charge is 2.30. The van der Waals surface area contributed by atoms with Crippen molar-refractivity contribution in [1.82, 2.24) is 0 Å². The summed E-state index contributed by atoms with van der Waals surface area (Å²) < 4.78 is 68.3. The van der Waals surface area contributed by atoms with Crippen molar-refractivity contribution in [3.63, 3.8) is 0 Å². The van der Waals surface area contributed by atoms with E-state index in [2.05, 4.69) is 58.9 Å². The van der Waals surface area contributed by atoms with Gasteiger partial charge in [-0.2, -0.15) is 0 Å². The second kappa shape index (κ2) is 70.6. The maximum absolute atomic E-state index is 13.1. The zero-order valence-electron chi connectivity index (χ0n) is 62.7. The number of ether oxygens (including phenoxy) is 4. The fourth-order valence-electron chi connectivity index (χ4n) is 11.5. The second-order valence-electron chi connectivity index (χ2n) is 27.9. The molecule has 0 aromatic rings. The van der Waals surface area contributed by atoms with Crippen molar-refractivity contribution < 1.29 is 80.2 Å². The molecule has 97 heavy (non-hydrogen) atoms. The molecule has 0 saturated heterocycles. The van der Waals surface area contributed by atoms with Gasteiger partial charge in [0.2, 0.25) is 0 Å². The number of allylic oxidation sites excluding steroid dienone is 4. The largest absolute Gasteiger partial charge is 0.472 e. The first-order valence-electron chi connectivity index (χ1n) is 40.0. The number of aliphatic hydroxyl groups is 1. The number of phosphoric acid groups is 2. The van der Waals surface area contributed by atoms with Gasteiger partial charge in [-0.1, -0.05) is 335 Å². The molecule has 0 aliphatic rings. The van der Waals surface area contributed by atoms with Crippen LogP contribution in [-0.2, 0) is 65.4 Å². The molecule has 0 amide bonds. The molecule has 2 unspecified atom stereocenters. The number of rotatable bonds is 76. The number of carbonyl (C=O) groups is 4. The smallest absolute Gasteiger partial charge is 0.462 e. The van der Waals surface area contributed by atoms with Crippen molar-refractivity contribution in [3.05, 3.63) is 24.3 Å². The first-order chi connectivity index (χ1) is 47.0. The average molecular weight is 1420 g/mol. The van der Waals surface area contributed by atoms with Gasteiger partial charge in [0.05, 0.1) is 26.4 Å². The van der Waals surface area contributed by atoms with Crippen LogP contribution in [0.3, 0.4) is 0 Å². The van der Waals surface area contributed by atoms with Crippen LogP contribution in [0.15, 0.2) is 24.3 Å². The highest BCUT2D eigenvalue weighted by Crippen LogP contribution is 2.45. The Labute approximate surface area is 592 Å². The molecule has 0 rings (SSSR count). The molecule has 0 aliphatic heterocycles. The number of phosphoric ester groups is 2. The van der Waals surface area contributed by atoms with E-state index >= 15 is 0 Å². The molecule has 0 bridgehead atoms. The predicted molar refractivity (Wildman–Crippen MR) is 395 cm³/mol. The monoisotopic (exact) mass is 1420 g/mol. The summed E-state index contributed by atoms with van der Waals surface area (Å²) in [4.78, 5) is 72.6. The lowest BCUT2D eigenvalue weighted by Crippen LogP contribution is -2.30. The number of unbranched alkanes of at least 4 members (excludes halogenated alkanes) is 45. The minimum Gasteiger partial charge on any atom is -0.462 e. The first kappa shape index (κ1) is 94.5. The van der Waals surface area contributed by atoms with Gasteiger partial charge < -0.3 is 33.8 Å². The number of carbonyl (C=O) groups excluding carboxylic acids is 4. The Morgan fingerprint density at radius 3 is 0.845 bits per heavy atom. The third-order valence-electron chi connectivity index (χ3n) is 17.7. The number of aliphatic hydroxyl groups excluding tert-OH is 1. The van der Waals surface area contributed by atoms with Crippen LogP contribution in [0.2, 0.25) is 0 Å². The van der Waals surface area contributed by atoms with Crippen LogP contribution in [0.25, 0.3) is 0 Å². The molecule has 19 heteroatoms. The summed E-state index contributed by atoms with van der Waals surface area (Å²) in [7, 11) is -9.92. The van der Waals surface area contributed by atoms with Gasteiger partial charge in [-0.3, -0.25) is 37.3 Å². The minimum atomic E-state index is -4.96. The fourth-order valence-corrected chi connectivity index (χ4v) is 13.1. The Kier molecular flexibility index (Phi) is 68.8. The normalized spacial score (nSPS) is 14.1.